The summed E-state index contributed by atoms with van der Waals surface area (Å²) in [6.07, 6.45) is 0. The molecule has 0 aliphatic rings. The molecule has 5 heteroatoms. The molecule has 0 bridgehead atoms. The minimum Gasteiger partial charge on any atom is -0.394 e. The van der Waals surface area contributed by atoms with Gasteiger partial charge >= 0.3 is 6.03 Å². The molecule has 0 saturated carbocycles. The molecule has 0 atom stereocenters. The van der Waals surface area contributed by atoms with Crippen LogP contribution in [0.5, 0.6) is 0 Å². The minimum atomic E-state index is -0.660. The molecule has 4 nitrogen and oxygen atoms in total. The van der Waals surface area contributed by atoms with Gasteiger partial charge < -0.3 is 15.7 Å². The molecule has 0 aliphatic heterocycles. The topological polar surface area (TPSA) is 61.4 Å². The van der Waals surface area contributed by atoms with Gasteiger partial charge in [0.2, 0.25) is 0 Å². The highest BCUT2D eigenvalue weighted by Crippen LogP contribution is 2.03. The lowest BCUT2D eigenvalue weighted by Crippen LogP contribution is -2.50. The van der Waals surface area contributed by atoms with E-state index in [1.807, 2.05) is 0 Å². The molecule has 3 N–H and O–H groups in total. The Balaban J connectivity index is 2.41. The van der Waals surface area contributed by atoms with Crippen LogP contribution in [0, 0.1) is 5.82 Å². The number of halogens is 1. The molecule has 0 spiro atoms. The molecular formula is C12H17FN2O2. The standard InChI is InChI=1S/C12H17FN2O2/c1-12(2,8-16)15-11(17)14-7-9-3-5-10(13)6-4-9/h3-6,16H,7-8H2,1-2H3,(H2,14,15,17). The molecule has 2 amide bonds. The van der Waals surface area contributed by atoms with Gasteiger partial charge in [-0.3, -0.25) is 0 Å². The largest absolute Gasteiger partial charge is 0.394 e. The molecule has 17 heavy (non-hydrogen) atoms. The maximum Gasteiger partial charge on any atom is 0.315 e. The van der Waals surface area contributed by atoms with Crippen LogP contribution in [0.1, 0.15) is 19.4 Å². The zero-order chi connectivity index (χ0) is 12.9. The van der Waals surface area contributed by atoms with E-state index in [4.69, 9.17) is 5.11 Å². The van der Waals surface area contributed by atoms with Crippen LogP contribution in [-0.2, 0) is 6.54 Å². The molecule has 1 aromatic rings. The van der Waals surface area contributed by atoms with Gasteiger partial charge in [0.15, 0.2) is 0 Å². The molecular weight excluding hydrogens is 223 g/mol. The maximum absolute atomic E-state index is 12.6. The van der Waals surface area contributed by atoms with Crippen molar-refractivity contribution in [3.05, 3.63) is 35.6 Å². The van der Waals surface area contributed by atoms with E-state index >= 15 is 0 Å². The Morgan fingerprint density at radius 2 is 1.94 bits per heavy atom. The number of nitrogens with one attached hydrogen (secondary N) is 2. The first-order chi connectivity index (χ1) is 7.93. The zero-order valence-electron chi connectivity index (χ0n) is 9.96. The molecule has 0 saturated heterocycles. The molecule has 1 rings (SSSR count). The number of urea groups is 1. The number of hydrogen-bond donors (Lipinski definition) is 3. The van der Waals surface area contributed by atoms with Crippen LogP contribution in [0.25, 0.3) is 0 Å². The van der Waals surface area contributed by atoms with Crippen molar-refractivity contribution in [2.75, 3.05) is 6.61 Å². The average Bonchev–Trinajstić information content (AvgIpc) is 2.28. The number of hydrogen-bond acceptors (Lipinski definition) is 2. The average molecular weight is 240 g/mol. The van der Waals surface area contributed by atoms with Crippen LogP contribution >= 0.6 is 0 Å². The van der Waals surface area contributed by atoms with Gasteiger partial charge in [0.1, 0.15) is 5.82 Å². The van der Waals surface area contributed by atoms with Crippen molar-refractivity contribution in [1.29, 1.82) is 0 Å². The highest BCUT2D eigenvalue weighted by Gasteiger charge is 2.18. The van der Waals surface area contributed by atoms with Gasteiger partial charge in [0.25, 0.3) is 0 Å². The SMILES string of the molecule is CC(C)(CO)NC(=O)NCc1ccc(F)cc1. The van der Waals surface area contributed by atoms with E-state index in [0.29, 0.717) is 6.54 Å². The summed E-state index contributed by atoms with van der Waals surface area (Å²) < 4.78 is 12.6. The lowest BCUT2D eigenvalue weighted by Gasteiger charge is -2.23. The van der Waals surface area contributed by atoms with Gasteiger partial charge in [-0.1, -0.05) is 12.1 Å². The summed E-state index contributed by atoms with van der Waals surface area (Å²) in [6, 6.07) is 5.52. The van der Waals surface area contributed by atoms with Crippen molar-refractivity contribution in [2.45, 2.75) is 25.9 Å². The summed E-state index contributed by atoms with van der Waals surface area (Å²) in [7, 11) is 0. The summed E-state index contributed by atoms with van der Waals surface area (Å²) in [5.74, 6) is -0.306. The third-order valence-electron chi connectivity index (χ3n) is 2.21. The first kappa shape index (κ1) is 13.4. The number of carbonyl (C=O) groups is 1. The lowest BCUT2D eigenvalue weighted by atomic mass is 10.1. The minimum absolute atomic E-state index is 0.142. The van der Waals surface area contributed by atoms with E-state index < -0.39 is 5.54 Å². The second kappa shape index (κ2) is 5.63. The second-order valence-corrected chi connectivity index (χ2v) is 4.48. The number of benzene rings is 1. The highest BCUT2D eigenvalue weighted by molar-refractivity contribution is 5.74. The fourth-order valence-corrected chi connectivity index (χ4v) is 1.18. The number of aliphatic hydroxyl groups excluding tert-OH is 1. The predicted molar refractivity (Wildman–Crippen MR) is 62.9 cm³/mol. The van der Waals surface area contributed by atoms with Crippen molar-refractivity contribution in [1.82, 2.24) is 10.6 Å². The van der Waals surface area contributed by atoms with Crippen LogP contribution < -0.4 is 10.6 Å². The third-order valence-corrected chi connectivity index (χ3v) is 2.21. The highest BCUT2D eigenvalue weighted by atomic mass is 19.1. The van der Waals surface area contributed by atoms with Crippen LogP contribution in [-0.4, -0.2) is 23.3 Å². The van der Waals surface area contributed by atoms with Gasteiger partial charge in [-0.15, -0.1) is 0 Å². The summed E-state index contributed by atoms with van der Waals surface area (Å²) in [4.78, 5) is 11.5. The molecule has 94 valence electrons. The van der Waals surface area contributed by atoms with Crippen LogP contribution in [0.3, 0.4) is 0 Å². The van der Waals surface area contributed by atoms with Gasteiger partial charge in [-0.2, -0.15) is 0 Å². The van der Waals surface area contributed by atoms with Crippen molar-refractivity contribution < 1.29 is 14.3 Å². The normalized spacial score (nSPS) is 11.1. The molecule has 0 radical (unpaired) electrons. The predicted octanol–water partition coefficient (Wildman–Crippen LogP) is 1.40. The van der Waals surface area contributed by atoms with E-state index in [0.717, 1.165) is 5.56 Å². The second-order valence-electron chi connectivity index (χ2n) is 4.48. The van der Waals surface area contributed by atoms with Crippen molar-refractivity contribution >= 4 is 6.03 Å². The Morgan fingerprint density at radius 1 is 1.35 bits per heavy atom. The Hall–Kier alpha value is -1.62. The number of amides is 2. The lowest BCUT2D eigenvalue weighted by molar-refractivity contribution is 0.182. The van der Waals surface area contributed by atoms with Crippen molar-refractivity contribution in [2.24, 2.45) is 0 Å². The fraction of sp³-hybridized carbons (Fsp3) is 0.417. The van der Waals surface area contributed by atoms with Gasteiger partial charge in [-0.25, -0.2) is 9.18 Å². The fourth-order valence-electron chi connectivity index (χ4n) is 1.18. The quantitative estimate of drug-likeness (QED) is 0.745. The number of rotatable bonds is 4. The summed E-state index contributed by atoms with van der Waals surface area (Å²) in [6.45, 7) is 3.60. The van der Waals surface area contributed by atoms with Gasteiger partial charge in [-0.05, 0) is 31.5 Å². The maximum atomic E-state index is 12.6. The van der Waals surface area contributed by atoms with E-state index in [2.05, 4.69) is 10.6 Å². The van der Waals surface area contributed by atoms with E-state index in [-0.39, 0.29) is 18.5 Å². The van der Waals surface area contributed by atoms with Crippen LogP contribution in [0.15, 0.2) is 24.3 Å². The summed E-state index contributed by atoms with van der Waals surface area (Å²) in [5, 5.41) is 14.2. The first-order valence-electron chi connectivity index (χ1n) is 5.34. The molecule has 0 aliphatic carbocycles. The van der Waals surface area contributed by atoms with E-state index in [1.165, 1.54) is 12.1 Å². The number of carbonyl (C=O) groups excluding carboxylic acids is 1. The summed E-state index contributed by atoms with van der Waals surface area (Å²) >= 11 is 0. The van der Waals surface area contributed by atoms with E-state index in [9.17, 15) is 9.18 Å². The molecule has 0 fully saturated rings. The molecule has 0 aromatic heterocycles. The smallest absolute Gasteiger partial charge is 0.315 e. The number of aliphatic hydroxyl groups is 1. The van der Waals surface area contributed by atoms with Gasteiger partial charge in [0, 0.05) is 6.54 Å². The third kappa shape index (κ3) is 4.82. The monoisotopic (exact) mass is 240 g/mol. The van der Waals surface area contributed by atoms with Crippen molar-refractivity contribution in [3.63, 3.8) is 0 Å². The Morgan fingerprint density at radius 3 is 2.47 bits per heavy atom. The molecule has 0 unspecified atom stereocenters. The summed E-state index contributed by atoms with van der Waals surface area (Å²) in [5.41, 5.74) is 0.149. The van der Waals surface area contributed by atoms with Crippen LogP contribution in [0.4, 0.5) is 9.18 Å². The molecule has 1 aromatic carbocycles. The van der Waals surface area contributed by atoms with Gasteiger partial charge in [0.05, 0.1) is 12.1 Å². The Labute approximate surface area is 99.8 Å². The van der Waals surface area contributed by atoms with Crippen LogP contribution in [0.2, 0.25) is 0 Å². The Bertz CT molecular complexity index is 377. The first-order valence-corrected chi connectivity index (χ1v) is 5.34. The molecule has 0 heterocycles. The van der Waals surface area contributed by atoms with Crippen molar-refractivity contribution in [3.8, 4) is 0 Å². The van der Waals surface area contributed by atoms with E-state index in [1.54, 1.807) is 26.0 Å². The zero-order valence-corrected chi connectivity index (χ0v) is 9.96. The Kier molecular flexibility index (Phi) is 4.45.